The standard InChI is InChI=1S/C19H17ClF2N2O4/c1-23-18(26)13-10-12(20)5-6-14(13)24-17(25)8-4-11-3-7-15(28-19(21)22)16(9-11)27-2/h3-10,19H,1-2H3,(H,23,26)(H,24,25)/b8-4+. The number of hydrogen-bond donors (Lipinski definition) is 2. The highest BCUT2D eigenvalue weighted by molar-refractivity contribution is 6.31. The molecular formula is C19H17ClF2N2O4. The van der Waals surface area contributed by atoms with E-state index >= 15 is 0 Å². The Morgan fingerprint density at radius 3 is 2.54 bits per heavy atom. The second-order valence-corrected chi connectivity index (χ2v) is 5.82. The van der Waals surface area contributed by atoms with E-state index in [2.05, 4.69) is 15.4 Å². The van der Waals surface area contributed by atoms with Crippen molar-refractivity contribution in [1.29, 1.82) is 0 Å². The number of hydrogen-bond acceptors (Lipinski definition) is 4. The number of nitrogens with one attached hydrogen (secondary N) is 2. The van der Waals surface area contributed by atoms with Crippen LogP contribution in [0, 0.1) is 0 Å². The predicted molar refractivity (Wildman–Crippen MR) is 102 cm³/mol. The van der Waals surface area contributed by atoms with Gasteiger partial charge in [0, 0.05) is 18.1 Å². The van der Waals surface area contributed by atoms with E-state index in [0.717, 1.165) is 0 Å². The maximum Gasteiger partial charge on any atom is 0.387 e. The van der Waals surface area contributed by atoms with E-state index in [9.17, 15) is 18.4 Å². The molecule has 0 spiro atoms. The lowest BCUT2D eigenvalue weighted by Crippen LogP contribution is -2.20. The molecule has 0 aliphatic carbocycles. The van der Waals surface area contributed by atoms with E-state index in [0.29, 0.717) is 10.6 Å². The van der Waals surface area contributed by atoms with Crippen LogP contribution in [0.5, 0.6) is 11.5 Å². The van der Waals surface area contributed by atoms with Gasteiger partial charge in [0.15, 0.2) is 11.5 Å². The summed E-state index contributed by atoms with van der Waals surface area (Å²) in [5, 5.41) is 5.41. The molecule has 0 atom stereocenters. The highest BCUT2D eigenvalue weighted by Gasteiger charge is 2.13. The predicted octanol–water partition coefficient (Wildman–Crippen LogP) is 3.96. The van der Waals surface area contributed by atoms with Crippen molar-refractivity contribution in [3.05, 3.63) is 58.6 Å². The van der Waals surface area contributed by atoms with Crippen LogP contribution in [-0.2, 0) is 4.79 Å². The Morgan fingerprint density at radius 2 is 1.89 bits per heavy atom. The van der Waals surface area contributed by atoms with Crippen molar-refractivity contribution < 1.29 is 27.8 Å². The summed E-state index contributed by atoms with van der Waals surface area (Å²) in [6, 6.07) is 8.73. The number of alkyl halides is 2. The number of amides is 2. The van der Waals surface area contributed by atoms with Crippen LogP contribution in [0.1, 0.15) is 15.9 Å². The molecule has 2 N–H and O–H groups in total. The smallest absolute Gasteiger partial charge is 0.387 e. The van der Waals surface area contributed by atoms with Gasteiger partial charge in [0.25, 0.3) is 5.91 Å². The molecule has 0 saturated carbocycles. The first kappa shape index (κ1) is 21.2. The van der Waals surface area contributed by atoms with Crippen molar-refractivity contribution in [3.63, 3.8) is 0 Å². The molecule has 0 heterocycles. The lowest BCUT2D eigenvalue weighted by atomic mass is 10.1. The number of halogens is 3. The molecule has 0 bridgehead atoms. The van der Waals surface area contributed by atoms with Crippen molar-refractivity contribution in [1.82, 2.24) is 5.32 Å². The molecule has 0 fully saturated rings. The average molecular weight is 411 g/mol. The van der Waals surface area contributed by atoms with E-state index in [1.165, 1.54) is 56.6 Å². The summed E-state index contributed by atoms with van der Waals surface area (Å²) in [5.41, 5.74) is 1.03. The molecule has 0 radical (unpaired) electrons. The number of benzene rings is 2. The highest BCUT2D eigenvalue weighted by atomic mass is 35.5. The van der Waals surface area contributed by atoms with Crippen molar-refractivity contribution in [2.75, 3.05) is 19.5 Å². The van der Waals surface area contributed by atoms with Crippen molar-refractivity contribution in [3.8, 4) is 11.5 Å². The van der Waals surface area contributed by atoms with E-state index in [4.69, 9.17) is 16.3 Å². The quantitative estimate of drug-likeness (QED) is 0.677. The van der Waals surface area contributed by atoms with Gasteiger partial charge in [-0.15, -0.1) is 0 Å². The van der Waals surface area contributed by atoms with Gasteiger partial charge in [-0.1, -0.05) is 17.7 Å². The summed E-state index contributed by atoms with van der Waals surface area (Å²) in [6.45, 7) is -2.98. The molecule has 0 unspecified atom stereocenters. The number of anilines is 1. The Kier molecular flexibility index (Phi) is 7.34. The third kappa shape index (κ3) is 5.68. The molecule has 2 aromatic rings. The minimum Gasteiger partial charge on any atom is -0.493 e. The fourth-order valence-corrected chi connectivity index (χ4v) is 2.45. The highest BCUT2D eigenvalue weighted by Crippen LogP contribution is 2.30. The molecule has 0 aliphatic heterocycles. The first-order chi connectivity index (χ1) is 13.3. The number of carbonyl (C=O) groups is 2. The van der Waals surface area contributed by atoms with Crippen molar-refractivity contribution >= 4 is 35.2 Å². The zero-order chi connectivity index (χ0) is 20.7. The number of rotatable bonds is 7. The zero-order valence-corrected chi connectivity index (χ0v) is 15.7. The van der Waals surface area contributed by atoms with Crippen LogP contribution in [0.4, 0.5) is 14.5 Å². The van der Waals surface area contributed by atoms with Gasteiger partial charge in [0.2, 0.25) is 5.91 Å². The lowest BCUT2D eigenvalue weighted by molar-refractivity contribution is -0.111. The molecule has 148 valence electrons. The van der Waals surface area contributed by atoms with E-state index in [-0.39, 0.29) is 22.7 Å². The molecule has 0 saturated heterocycles. The average Bonchev–Trinajstić information content (AvgIpc) is 2.67. The number of ether oxygens (including phenoxy) is 2. The third-order valence-electron chi connectivity index (χ3n) is 3.54. The van der Waals surface area contributed by atoms with E-state index < -0.39 is 18.4 Å². The van der Waals surface area contributed by atoms with Gasteiger partial charge in [-0.25, -0.2) is 0 Å². The van der Waals surface area contributed by atoms with Crippen LogP contribution in [0.2, 0.25) is 5.02 Å². The first-order valence-corrected chi connectivity index (χ1v) is 8.35. The molecule has 2 aromatic carbocycles. The summed E-state index contributed by atoms with van der Waals surface area (Å²) in [5.74, 6) is -0.918. The van der Waals surface area contributed by atoms with Gasteiger partial charge in [0.1, 0.15) is 0 Å². The topological polar surface area (TPSA) is 76.7 Å². The summed E-state index contributed by atoms with van der Waals surface area (Å²) >= 11 is 5.89. The number of methoxy groups -OCH3 is 1. The van der Waals surface area contributed by atoms with Crippen LogP contribution < -0.4 is 20.1 Å². The van der Waals surface area contributed by atoms with Crippen LogP contribution in [0.25, 0.3) is 6.08 Å². The van der Waals surface area contributed by atoms with Crippen molar-refractivity contribution in [2.24, 2.45) is 0 Å². The molecule has 6 nitrogen and oxygen atoms in total. The third-order valence-corrected chi connectivity index (χ3v) is 3.78. The maximum atomic E-state index is 12.4. The van der Waals surface area contributed by atoms with E-state index in [1.807, 2.05) is 0 Å². The van der Waals surface area contributed by atoms with Gasteiger partial charge in [-0.2, -0.15) is 8.78 Å². The second-order valence-electron chi connectivity index (χ2n) is 5.38. The lowest BCUT2D eigenvalue weighted by Gasteiger charge is -2.10. The second kappa shape index (κ2) is 9.70. The minimum atomic E-state index is -2.98. The molecule has 2 rings (SSSR count). The largest absolute Gasteiger partial charge is 0.493 e. The van der Waals surface area contributed by atoms with Gasteiger partial charge in [-0.3, -0.25) is 9.59 Å². The van der Waals surface area contributed by atoms with Crippen LogP contribution in [0.15, 0.2) is 42.5 Å². The number of carbonyl (C=O) groups excluding carboxylic acids is 2. The first-order valence-electron chi connectivity index (χ1n) is 7.97. The molecule has 28 heavy (non-hydrogen) atoms. The molecule has 0 aromatic heterocycles. The summed E-state index contributed by atoms with van der Waals surface area (Å²) in [7, 11) is 2.78. The van der Waals surface area contributed by atoms with Crippen molar-refractivity contribution in [2.45, 2.75) is 6.61 Å². The fourth-order valence-electron chi connectivity index (χ4n) is 2.28. The van der Waals surface area contributed by atoms with Gasteiger partial charge in [0.05, 0.1) is 18.4 Å². The summed E-state index contributed by atoms with van der Waals surface area (Å²) < 4.78 is 34.1. The van der Waals surface area contributed by atoms with Crippen LogP contribution in [-0.4, -0.2) is 32.6 Å². The summed E-state index contributed by atoms with van der Waals surface area (Å²) in [4.78, 5) is 24.1. The molecule has 2 amide bonds. The fraction of sp³-hybridized carbons (Fsp3) is 0.158. The van der Waals surface area contributed by atoms with Gasteiger partial charge < -0.3 is 20.1 Å². The Bertz CT molecular complexity index is 903. The Hall–Kier alpha value is -3.13. The molecular weight excluding hydrogens is 394 g/mol. The Morgan fingerprint density at radius 1 is 1.14 bits per heavy atom. The van der Waals surface area contributed by atoms with Crippen LogP contribution >= 0.6 is 11.6 Å². The van der Waals surface area contributed by atoms with Crippen LogP contribution in [0.3, 0.4) is 0 Å². The minimum absolute atomic E-state index is 0.0995. The zero-order valence-electron chi connectivity index (χ0n) is 15.0. The van der Waals surface area contributed by atoms with Gasteiger partial charge in [-0.05, 0) is 42.0 Å². The van der Waals surface area contributed by atoms with Gasteiger partial charge >= 0.3 is 6.61 Å². The SMILES string of the molecule is CNC(=O)c1cc(Cl)ccc1NC(=O)/C=C/c1ccc(OC(F)F)c(OC)c1. The molecule has 9 heteroatoms. The molecule has 0 aliphatic rings. The monoisotopic (exact) mass is 410 g/mol. The normalized spacial score (nSPS) is 10.8. The summed E-state index contributed by atoms with van der Waals surface area (Å²) in [6.07, 6.45) is 2.68. The Balaban J connectivity index is 2.15. The van der Waals surface area contributed by atoms with E-state index in [1.54, 1.807) is 6.07 Å². The Labute approximate surface area is 165 Å². The maximum absolute atomic E-state index is 12.4.